The number of hydrogen-bond acceptors (Lipinski definition) is 3. The number of hydrogen-bond donors (Lipinski definition) is 1. The van der Waals surface area contributed by atoms with E-state index in [9.17, 15) is 12.8 Å². The molecule has 0 aromatic heterocycles. The Kier molecular flexibility index (Phi) is 3.94. The maximum atomic E-state index is 13.0. The first-order valence-electron chi connectivity index (χ1n) is 5.80. The summed E-state index contributed by atoms with van der Waals surface area (Å²) in [6, 6.07) is 3.68. The van der Waals surface area contributed by atoms with Crippen molar-refractivity contribution in [3.05, 3.63) is 34.6 Å². The van der Waals surface area contributed by atoms with Gasteiger partial charge in [0.15, 0.2) is 9.84 Å². The molecule has 1 aliphatic rings. The SMILES string of the molecule is CC1CCNC(c2ccc(F)cc2Cl)CS1(=O)=O. The number of halogens is 2. The van der Waals surface area contributed by atoms with Crippen molar-refractivity contribution in [3.8, 4) is 0 Å². The zero-order valence-electron chi connectivity index (χ0n) is 9.99. The van der Waals surface area contributed by atoms with E-state index in [0.29, 0.717) is 18.5 Å². The van der Waals surface area contributed by atoms with E-state index >= 15 is 0 Å². The summed E-state index contributed by atoms with van der Waals surface area (Å²) in [4.78, 5) is 0. The highest BCUT2D eigenvalue weighted by Crippen LogP contribution is 2.27. The Labute approximate surface area is 111 Å². The lowest BCUT2D eigenvalue weighted by Crippen LogP contribution is -2.26. The molecule has 100 valence electrons. The first-order valence-corrected chi connectivity index (χ1v) is 7.89. The fourth-order valence-corrected chi connectivity index (χ4v) is 3.95. The lowest BCUT2D eigenvalue weighted by molar-refractivity contribution is 0.570. The molecule has 0 amide bonds. The van der Waals surface area contributed by atoms with E-state index in [-0.39, 0.29) is 22.1 Å². The highest BCUT2D eigenvalue weighted by Gasteiger charge is 2.30. The molecule has 0 aliphatic carbocycles. The summed E-state index contributed by atoms with van der Waals surface area (Å²) < 4.78 is 37.0. The van der Waals surface area contributed by atoms with Crippen LogP contribution in [0, 0.1) is 5.82 Å². The third kappa shape index (κ3) is 2.84. The van der Waals surface area contributed by atoms with E-state index < -0.39 is 15.7 Å². The van der Waals surface area contributed by atoms with Crippen LogP contribution in [-0.4, -0.2) is 26.0 Å². The molecule has 2 rings (SSSR count). The summed E-state index contributed by atoms with van der Waals surface area (Å²) in [7, 11) is -3.14. The first kappa shape index (κ1) is 13.8. The summed E-state index contributed by atoms with van der Waals surface area (Å²) in [6.45, 7) is 2.32. The van der Waals surface area contributed by atoms with Crippen molar-refractivity contribution in [2.24, 2.45) is 0 Å². The summed E-state index contributed by atoms with van der Waals surface area (Å²) in [6.07, 6.45) is 0.581. The monoisotopic (exact) mass is 291 g/mol. The lowest BCUT2D eigenvalue weighted by atomic mass is 10.1. The van der Waals surface area contributed by atoms with Crippen molar-refractivity contribution in [2.75, 3.05) is 12.3 Å². The Balaban J connectivity index is 2.33. The number of rotatable bonds is 1. The Hall–Kier alpha value is -0.650. The molecule has 6 heteroatoms. The molecule has 1 saturated heterocycles. The van der Waals surface area contributed by atoms with E-state index in [1.54, 1.807) is 13.0 Å². The zero-order valence-corrected chi connectivity index (χ0v) is 11.6. The van der Waals surface area contributed by atoms with Crippen LogP contribution in [0.2, 0.25) is 5.02 Å². The smallest absolute Gasteiger partial charge is 0.154 e. The second-order valence-corrected chi connectivity index (χ2v) is 7.47. The molecular formula is C12H15ClFNO2S. The van der Waals surface area contributed by atoms with Crippen LogP contribution in [0.1, 0.15) is 24.9 Å². The van der Waals surface area contributed by atoms with Crippen LogP contribution in [0.5, 0.6) is 0 Å². The van der Waals surface area contributed by atoms with Gasteiger partial charge in [0.25, 0.3) is 0 Å². The molecule has 1 fully saturated rings. The van der Waals surface area contributed by atoms with Crippen molar-refractivity contribution in [2.45, 2.75) is 24.6 Å². The fraction of sp³-hybridized carbons (Fsp3) is 0.500. The Morgan fingerprint density at radius 2 is 2.17 bits per heavy atom. The van der Waals surface area contributed by atoms with E-state index in [1.807, 2.05) is 0 Å². The Bertz CT molecular complexity index is 547. The molecule has 1 heterocycles. The maximum Gasteiger partial charge on any atom is 0.154 e. The highest BCUT2D eigenvalue weighted by atomic mass is 35.5. The number of nitrogens with one attached hydrogen (secondary N) is 1. The molecular weight excluding hydrogens is 277 g/mol. The molecule has 0 saturated carbocycles. The van der Waals surface area contributed by atoms with Crippen molar-refractivity contribution in [3.63, 3.8) is 0 Å². The van der Waals surface area contributed by atoms with Gasteiger partial charge < -0.3 is 5.32 Å². The maximum absolute atomic E-state index is 13.0. The third-order valence-corrected chi connectivity index (χ3v) is 5.88. The van der Waals surface area contributed by atoms with Crippen molar-refractivity contribution in [1.82, 2.24) is 5.32 Å². The average Bonchev–Trinajstić information content (AvgIpc) is 2.39. The van der Waals surface area contributed by atoms with Gasteiger partial charge in [0.2, 0.25) is 0 Å². The molecule has 2 atom stereocenters. The predicted molar refractivity (Wildman–Crippen MR) is 70.0 cm³/mol. The van der Waals surface area contributed by atoms with Gasteiger partial charge in [0.05, 0.1) is 11.0 Å². The van der Waals surface area contributed by atoms with Crippen LogP contribution in [0.15, 0.2) is 18.2 Å². The number of benzene rings is 1. The van der Waals surface area contributed by atoms with Gasteiger partial charge in [-0.05, 0) is 37.6 Å². The Morgan fingerprint density at radius 1 is 1.44 bits per heavy atom. The number of sulfone groups is 1. The molecule has 0 spiro atoms. The minimum atomic E-state index is -3.14. The normalized spacial score (nSPS) is 27.7. The van der Waals surface area contributed by atoms with Crippen LogP contribution in [0.25, 0.3) is 0 Å². The molecule has 0 bridgehead atoms. The molecule has 1 N–H and O–H groups in total. The topological polar surface area (TPSA) is 46.2 Å². The second kappa shape index (κ2) is 5.15. The van der Waals surface area contributed by atoms with Gasteiger partial charge in [0.1, 0.15) is 5.82 Å². The van der Waals surface area contributed by atoms with Gasteiger partial charge in [-0.3, -0.25) is 0 Å². The lowest BCUT2D eigenvalue weighted by Gasteiger charge is -2.17. The molecule has 2 unspecified atom stereocenters. The largest absolute Gasteiger partial charge is 0.309 e. The molecule has 1 aromatic carbocycles. The summed E-state index contributed by atoms with van der Waals surface area (Å²) in [5, 5.41) is 3.07. The van der Waals surface area contributed by atoms with Crippen LogP contribution >= 0.6 is 11.6 Å². The van der Waals surface area contributed by atoms with Gasteiger partial charge in [-0.15, -0.1) is 0 Å². The minimum Gasteiger partial charge on any atom is -0.309 e. The van der Waals surface area contributed by atoms with Crippen molar-refractivity contribution in [1.29, 1.82) is 0 Å². The van der Waals surface area contributed by atoms with Crippen molar-refractivity contribution >= 4 is 21.4 Å². The zero-order chi connectivity index (χ0) is 13.3. The van der Waals surface area contributed by atoms with Crippen LogP contribution in [-0.2, 0) is 9.84 Å². The van der Waals surface area contributed by atoms with Crippen LogP contribution < -0.4 is 5.32 Å². The highest BCUT2D eigenvalue weighted by molar-refractivity contribution is 7.92. The van der Waals surface area contributed by atoms with E-state index in [1.165, 1.54) is 12.1 Å². The molecule has 0 radical (unpaired) electrons. The third-order valence-electron chi connectivity index (χ3n) is 3.29. The standard InChI is InChI=1S/C12H15ClFNO2S/c1-8-4-5-15-12(7-18(8,16)17)10-3-2-9(14)6-11(10)13/h2-3,6,8,12,15H,4-5,7H2,1H3. The van der Waals surface area contributed by atoms with Gasteiger partial charge in [-0.1, -0.05) is 17.7 Å². The van der Waals surface area contributed by atoms with E-state index in [4.69, 9.17) is 11.6 Å². The minimum absolute atomic E-state index is 0.000477. The molecule has 1 aromatic rings. The summed E-state index contributed by atoms with van der Waals surface area (Å²) in [5.41, 5.74) is 0.635. The van der Waals surface area contributed by atoms with Crippen molar-refractivity contribution < 1.29 is 12.8 Å². The fourth-order valence-electron chi connectivity index (χ4n) is 2.08. The van der Waals surface area contributed by atoms with Gasteiger partial charge in [-0.2, -0.15) is 0 Å². The first-order chi connectivity index (χ1) is 8.40. The van der Waals surface area contributed by atoms with Gasteiger partial charge >= 0.3 is 0 Å². The van der Waals surface area contributed by atoms with Gasteiger partial charge in [0, 0.05) is 11.1 Å². The quantitative estimate of drug-likeness (QED) is 0.864. The van der Waals surface area contributed by atoms with E-state index in [2.05, 4.69) is 5.32 Å². The average molecular weight is 292 g/mol. The van der Waals surface area contributed by atoms with Gasteiger partial charge in [-0.25, -0.2) is 12.8 Å². The molecule has 1 aliphatic heterocycles. The van der Waals surface area contributed by atoms with E-state index in [0.717, 1.165) is 0 Å². The second-order valence-electron chi connectivity index (χ2n) is 4.60. The summed E-state index contributed by atoms with van der Waals surface area (Å²) >= 11 is 5.97. The van der Waals surface area contributed by atoms with Crippen LogP contribution in [0.4, 0.5) is 4.39 Å². The predicted octanol–water partition coefficient (Wildman–Crippen LogP) is 2.32. The summed E-state index contributed by atoms with van der Waals surface area (Å²) in [5.74, 6) is -0.423. The molecule has 18 heavy (non-hydrogen) atoms. The van der Waals surface area contributed by atoms with Crippen LogP contribution in [0.3, 0.4) is 0 Å². The molecule has 3 nitrogen and oxygen atoms in total. The Morgan fingerprint density at radius 3 is 2.83 bits per heavy atom.